The van der Waals surface area contributed by atoms with E-state index >= 15 is 0 Å². The number of rotatable bonds is 8. The zero-order chi connectivity index (χ0) is 24.9. The van der Waals surface area contributed by atoms with Crippen molar-refractivity contribution in [3.05, 3.63) is 106 Å². The molecule has 10 heteroatoms. The molecule has 0 aliphatic heterocycles. The van der Waals surface area contributed by atoms with Gasteiger partial charge in [0.2, 0.25) is 5.91 Å². The van der Waals surface area contributed by atoms with Crippen LogP contribution in [0.15, 0.2) is 90.2 Å². The van der Waals surface area contributed by atoms with Crippen LogP contribution in [0.4, 0.5) is 9.52 Å². The number of carbonyl (C=O) groups is 1. The lowest BCUT2D eigenvalue weighted by Crippen LogP contribution is -2.14. The molecular formula is C26H19ClFN5OS2. The van der Waals surface area contributed by atoms with Crippen LogP contribution in [-0.4, -0.2) is 31.4 Å². The number of amides is 1. The van der Waals surface area contributed by atoms with Gasteiger partial charge < -0.3 is 5.32 Å². The van der Waals surface area contributed by atoms with Crippen molar-refractivity contribution in [3.8, 4) is 17.1 Å². The molecule has 0 atom stereocenters. The van der Waals surface area contributed by atoms with Gasteiger partial charge in [-0.15, -0.1) is 21.5 Å². The van der Waals surface area contributed by atoms with Gasteiger partial charge in [0, 0.05) is 33.8 Å². The molecule has 0 spiro atoms. The number of thiazole rings is 1. The number of aromatic nitrogens is 4. The predicted octanol–water partition coefficient (Wildman–Crippen LogP) is 6.50. The van der Waals surface area contributed by atoms with Crippen LogP contribution in [0.3, 0.4) is 0 Å². The monoisotopic (exact) mass is 535 g/mol. The highest BCUT2D eigenvalue weighted by molar-refractivity contribution is 7.99. The predicted molar refractivity (Wildman–Crippen MR) is 142 cm³/mol. The number of para-hydroxylation sites is 1. The molecule has 6 nitrogen and oxygen atoms in total. The summed E-state index contributed by atoms with van der Waals surface area (Å²) >= 11 is 8.76. The fourth-order valence-electron chi connectivity index (χ4n) is 3.54. The molecule has 0 saturated carbocycles. The first kappa shape index (κ1) is 24.2. The van der Waals surface area contributed by atoms with Crippen LogP contribution >= 0.6 is 34.7 Å². The highest BCUT2D eigenvalue weighted by Gasteiger charge is 2.18. The van der Waals surface area contributed by atoms with Gasteiger partial charge in [-0.2, -0.15) is 0 Å². The Morgan fingerprint density at radius 1 is 1.03 bits per heavy atom. The van der Waals surface area contributed by atoms with Crippen LogP contribution in [0.1, 0.15) is 10.4 Å². The summed E-state index contributed by atoms with van der Waals surface area (Å²) in [5.41, 5.74) is 2.64. The number of anilines is 1. The van der Waals surface area contributed by atoms with Crippen molar-refractivity contribution in [2.24, 2.45) is 0 Å². The smallest absolute Gasteiger partial charge is 0.236 e. The minimum atomic E-state index is -0.325. The summed E-state index contributed by atoms with van der Waals surface area (Å²) < 4.78 is 15.3. The first-order valence-electron chi connectivity index (χ1n) is 10.9. The molecule has 36 heavy (non-hydrogen) atoms. The highest BCUT2D eigenvalue weighted by atomic mass is 35.5. The van der Waals surface area contributed by atoms with Crippen LogP contribution in [0.2, 0.25) is 5.02 Å². The highest BCUT2D eigenvalue weighted by Crippen LogP contribution is 2.28. The maximum Gasteiger partial charge on any atom is 0.236 e. The second-order valence-corrected chi connectivity index (χ2v) is 10.3. The Kier molecular flexibility index (Phi) is 7.41. The van der Waals surface area contributed by atoms with Crippen molar-refractivity contribution >= 4 is 45.7 Å². The Bertz CT molecular complexity index is 1490. The third kappa shape index (κ3) is 5.81. The van der Waals surface area contributed by atoms with Crippen LogP contribution in [0.5, 0.6) is 0 Å². The Labute approximate surface area is 220 Å². The molecule has 0 aliphatic carbocycles. The Morgan fingerprint density at radius 3 is 2.61 bits per heavy atom. The van der Waals surface area contributed by atoms with Crippen molar-refractivity contribution in [3.63, 3.8) is 0 Å². The van der Waals surface area contributed by atoms with E-state index in [1.54, 1.807) is 18.3 Å². The fraction of sp³-hybridized carbons (Fsp3) is 0.0769. The number of hydrogen-bond donors (Lipinski definition) is 1. The second kappa shape index (κ2) is 11.0. The summed E-state index contributed by atoms with van der Waals surface area (Å²) in [5.74, 6) is 0.162. The average Bonchev–Trinajstić information content (AvgIpc) is 3.50. The minimum Gasteiger partial charge on any atom is -0.301 e. The fourth-order valence-corrected chi connectivity index (χ4v) is 5.37. The summed E-state index contributed by atoms with van der Waals surface area (Å²) in [6, 6.07) is 23.3. The number of carbonyl (C=O) groups excluding carboxylic acids is 1. The van der Waals surface area contributed by atoms with Crippen LogP contribution in [0.25, 0.3) is 17.1 Å². The van der Waals surface area contributed by atoms with E-state index in [2.05, 4.69) is 20.5 Å². The molecule has 1 amide bonds. The van der Waals surface area contributed by atoms with Gasteiger partial charge in [0.1, 0.15) is 5.82 Å². The number of nitrogens with one attached hydrogen (secondary N) is 1. The Hall–Kier alpha value is -3.53. The molecule has 3 aromatic carbocycles. The van der Waals surface area contributed by atoms with Gasteiger partial charge in [-0.3, -0.25) is 9.36 Å². The molecule has 0 saturated heterocycles. The normalized spacial score (nSPS) is 10.9. The molecule has 180 valence electrons. The van der Waals surface area contributed by atoms with Crippen LogP contribution < -0.4 is 5.32 Å². The van der Waals surface area contributed by atoms with E-state index in [-0.39, 0.29) is 17.5 Å². The van der Waals surface area contributed by atoms with E-state index in [4.69, 9.17) is 11.6 Å². The van der Waals surface area contributed by atoms with E-state index in [1.165, 1.54) is 35.2 Å². The van der Waals surface area contributed by atoms with Gasteiger partial charge >= 0.3 is 0 Å². The lowest BCUT2D eigenvalue weighted by Gasteiger charge is -2.10. The lowest BCUT2D eigenvalue weighted by atomic mass is 10.1. The molecule has 0 radical (unpaired) electrons. The van der Waals surface area contributed by atoms with Gasteiger partial charge in [0.25, 0.3) is 0 Å². The first-order chi connectivity index (χ1) is 17.5. The quantitative estimate of drug-likeness (QED) is 0.229. The van der Waals surface area contributed by atoms with Gasteiger partial charge in [-0.05, 0) is 54.1 Å². The van der Waals surface area contributed by atoms with Crippen LogP contribution in [-0.2, 0) is 11.2 Å². The van der Waals surface area contributed by atoms with E-state index in [0.717, 1.165) is 21.7 Å². The maximum absolute atomic E-state index is 13.4. The Morgan fingerprint density at radius 2 is 1.83 bits per heavy atom. The second-order valence-electron chi connectivity index (χ2n) is 7.76. The summed E-state index contributed by atoms with van der Waals surface area (Å²) in [5, 5.41) is 13.3. The summed E-state index contributed by atoms with van der Waals surface area (Å²) in [4.78, 5) is 18.0. The van der Waals surface area contributed by atoms with Crippen molar-refractivity contribution in [2.45, 2.75) is 11.6 Å². The number of halogens is 2. The summed E-state index contributed by atoms with van der Waals surface area (Å²) in [6.45, 7) is 0. The largest absolute Gasteiger partial charge is 0.301 e. The first-order valence-corrected chi connectivity index (χ1v) is 13.1. The van der Waals surface area contributed by atoms with E-state index < -0.39 is 0 Å². The van der Waals surface area contributed by atoms with E-state index in [1.807, 2.05) is 59.2 Å². The number of nitrogens with zero attached hydrogens (tertiary/aromatic N) is 4. The topological polar surface area (TPSA) is 72.7 Å². The molecule has 0 bridgehead atoms. The standard InChI is InChI=1S/C26H19ClFN5OS2/c27-19-6-4-5-17(13-19)14-22-15-29-25(36-22)30-23(34)16-35-26-32-31-24(18-9-11-20(28)12-10-18)33(26)21-7-2-1-3-8-21/h1-13,15H,14,16H2,(H,29,30,34). The molecule has 0 fully saturated rings. The third-order valence-electron chi connectivity index (χ3n) is 5.15. The minimum absolute atomic E-state index is 0.123. The molecule has 5 aromatic rings. The number of benzene rings is 3. The van der Waals surface area contributed by atoms with Crippen molar-refractivity contribution < 1.29 is 9.18 Å². The summed E-state index contributed by atoms with van der Waals surface area (Å²) in [6.07, 6.45) is 2.45. The van der Waals surface area contributed by atoms with Crippen molar-refractivity contribution in [1.29, 1.82) is 0 Å². The van der Waals surface area contributed by atoms with E-state index in [0.29, 0.717) is 27.6 Å². The molecule has 5 rings (SSSR count). The zero-order valence-electron chi connectivity index (χ0n) is 18.8. The lowest BCUT2D eigenvalue weighted by molar-refractivity contribution is -0.113. The molecule has 2 aromatic heterocycles. The van der Waals surface area contributed by atoms with Crippen molar-refractivity contribution in [1.82, 2.24) is 19.7 Å². The number of hydrogen-bond acceptors (Lipinski definition) is 6. The molecule has 0 aliphatic rings. The zero-order valence-corrected chi connectivity index (χ0v) is 21.2. The number of thioether (sulfide) groups is 1. The van der Waals surface area contributed by atoms with Gasteiger partial charge in [-0.25, -0.2) is 9.37 Å². The van der Waals surface area contributed by atoms with E-state index in [9.17, 15) is 9.18 Å². The Balaban J connectivity index is 1.28. The molecular weight excluding hydrogens is 517 g/mol. The third-order valence-corrected chi connectivity index (χ3v) is 7.23. The molecule has 2 heterocycles. The summed E-state index contributed by atoms with van der Waals surface area (Å²) in [7, 11) is 0. The average molecular weight is 536 g/mol. The SMILES string of the molecule is O=C(CSc1nnc(-c2ccc(F)cc2)n1-c1ccccc1)Nc1ncc(Cc2cccc(Cl)c2)s1. The molecule has 0 unspecified atom stereocenters. The maximum atomic E-state index is 13.4. The van der Waals surface area contributed by atoms with Crippen molar-refractivity contribution in [2.75, 3.05) is 11.1 Å². The van der Waals surface area contributed by atoms with Crippen LogP contribution in [0, 0.1) is 5.82 Å². The van der Waals surface area contributed by atoms with Gasteiger partial charge in [-0.1, -0.05) is 53.7 Å². The molecule has 1 N–H and O–H groups in total. The van der Waals surface area contributed by atoms with Gasteiger partial charge in [0.05, 0.1) is 5.75 Å². The van der Waals surface area contributed by atoms with Gasteiger partial charge in [0.15, 0.2) is 16.1 Å².